The highest BCUT2D eigenvalue weighted by molar-refractivity contribution is 7.47. The second-order valence-corrected chi connectivity index (χ2v) is 12.2. The molecule has 0 aliphatic carbocycles. The van der Waals surface area contributed by atoms with Gasteiger partial charge in [0.05, 0.1) is 33.9 Å². The maximum atomic E-state index is 12.1. The molecule has 2 N–H and O–H groups in total. The average molecular weight is 603 g/mol. The Balaban J connectivity index is 4.07. The third kappa shape index (κ3) is 29.2. The first-order chi connectivity index (χ1) is 19.3. The molecule has 0 radical (unpaired) electrons. The quantitative estimate of drug-likeness (QED) is 0.0489. The first kappa shape index (κ1) is 38.9. The lowest BCUT2D eigenvalue weighted by Crippen LogP contribution is -2.37. The van der Waals surface area contributed by atoms with Crippen LogP contribution >= 0.6 is 7.82 Å². The molecule has 0 aromatic carbocycles. The van der Waals surface area contributed by atoms with Crippen LogP contribution in [0.15, 0.2) is 48.6 Å². The highest BCUT2D eigenvalue weighted by Crippen LogP contribution is 2.43. The van der Waals surface area contributed by atoms with Gasteiger partial charge in [0.1, 0.15) is 19.8 Å². The highest BCUT2D eigenvalue weighted by atomic mass is 31.2. The lowest BCUT2D eigenvalue weighted by molar-refractivity contribution is -0.870. The van der Waals surface area contributed by atoms with Crippen molar-refractivity contribution in [1.82, 2.24) is 0 Å². The van der Waals surface area contributed by atoms with E-state index in [1.165, 1.54) is 6.92 Å². The molecule has 10 nitrogen and oxygen atoms in total. The molecule has 0 bridgehead atoms. The Bertz CT molecular complexity index is 876. The number of phosphoric acid groups is 1. The second kappa shape index (κ2) is 23.5. The molecule has 1 unspecified atom stereocenters. The van der Waals surface area contributed by atoms with E-state index in [4.69, 9.17) is 18.5 Å². The second-order valence-electron chi connectivity index (χ2n) is 10.8. The van der Waals surface area contributed by atoms with Gasteiger partial charge in [0.15, 0.2) is 6.10 Å². The third-order valence-corrected chi connectivity index (χ3v) is 6.41. The van der Waals surface area contributed by atoms with Crippen LogP contribution in [0, 0.1) is 0 Å². The maximum absolute atomic E-state index is 12.1. The van der Waals surface area contributed by atoms with Crippen LogP contribution in [0.2, 0.25) is 0 Å². The van der Waals surface area contributed by atoms with Crippen molar-refractivity contribution >= 4 is 19.8 Å². The summed E-state index contributed by atoms with van der Waals surface area (Å²) in [4.78, 5) is 33.2. The monoisotopic (exact) mass is 602 g/mol. The zero-order chi connectivity index (χ0) is 31.0. The Morgan fingerprint density at radius 1 is 0.854 bits per heavy atom. The van der Waals surface area contributed by atoms with Crippen LogP contribution in [0.5, 0.6) is 0 Å². The Labute approximate surface area is 246 Å². The average Bonchev–Trinajstić information content (AvgIpc) is 2.86. The Morgan fingerprint density at radius 2 is 1.39 bits per heavy atom. The minimum Gasteiger partial charge on any atom is -0.462 e. The zero-order valence-corrected chi connectivity index (χ0v) is 26.5. The van der Waals surface area contributed by atoms with E-state index >= 15 is 0 Å². The number of carbonyl (C=O) groups excluding carboxylic acids is 2. The molecule has 0 spiro atoms. The molecule has 0 amide bonds. The number of aliphatic hydroxyl groups excluding tert-OH is 1. The van der Waals surface area contributed by atoms with E-state index in [0.29, 0.717) is 17.4 Å². The molecule has 0 aromatic heterocycles. The van der Waals surface area contributed by atoms with E-state index in [2.05, 4.69) is 36.5 Å². The molecular weight excluding hydrogens is 549 g/mol. The van der Waals surface area contributed by atoms with E-state index in [-0.39, 0.29) is 25.7 Å². The first-order valence-corrected chi connectivity index (χ1v) is 15.8. The molecule has 0 aliphatic rings. The van der Waals surface area contributed by atoms with Gasteiger partial charge in [-0.2, -0.15) is 0 Å². The van der Waals surface area contributed by atoms with E-state index in [9.17, 15) is 24.2 Å². The van der Waals surface area contributed by atoms with Crippen LogP contribution in [-0.2, 0) is 32.7 Å². The molecule has 0 rings (SSSR count). The molecule has 11 heteroatoms. The summed E-state index contributed by atoms with van der Waals surface area (Å²) in [5.41, 5.74) is 0. The summed E-state index contributed by atoms with van der Waals surface area (Å²) in [6, 6.07) is 0. The van der Waals surface area contributed by atoms with Gasteiger partial charge in [-0.3, -0.25) is 18.6 Å². The van der Waals surface area contributed by atoms with Crippen molar-refractivity contribution in [2.75, 3.05) is 47.5 Å². The van der Waals surface area contributed by atoms with Crippen molar-refractivity contribution in [2.24, 2.45) is 0 Å². The van der Waals surface area contributed by atoms with Gasteiger partial charge in [0.2, 0.25) is 0 Å². The lowest BCUT2D eigenvalue weighted by atomic mass is 10.1. The largest absolute Gasteiger partial charge is 0.472 e. The number of allylic oxidation sites excluding steroid dienone is 8. The topological polar surface area (TPSA) is 129 Å². The number of aliphatic hydroxyl groups is 1. The number of hydrogen-bond acceptors (Lipinski definition) is 8. The van der Waals surface area contributed by atoms with Gasteiger partial charge in [-0.1, -0.05) is 48.6 Å². The molecule has 236 valence electrons. The van der Waals surface area contributed by atoms with Gasteiger partial charge < -0.3 is 24.0 Å². The number of nitrogens with zero attached hydrogens (tertiary/aromatic N) is 1. The number of unbranched alkanes of at least 4 members (excludes halogenated alkanes) is 2. The molecule has 0 aliphatic heterocycles. The van der Waals surface area contributed by atoms with Gasteiger partial charge >= 0.3 is 19.8 Å². The summed E-state index contributed by atoms with van der Waals surface area (Å²) in [5, 5.41) is 9.21. The summed E-state index contributed by atoms with van der Waals surface area (Å²) < 4.78 is 32.7. The first-order valence-electron chi connectivity index (χ1n) is 14.3. The molecule has 41 heavy (non-hydrogen) atoms. The SMILES string of the molecule is CC(=O)O[C@H](COC(=O)CCC/C=C\C/C=C\C/C=C\C/C=C\CCC[C@@H](C)O)COP(=O)(O)OCC[N+](C)(C)C. The minimum absolute atomic E-state index is 0.0123. The van der Waals surface area contributed by atoms with Crippen LogP contribution in [0.25, 0.3) is 0 Å². The van der Waals surface area contributed by atoms with Gasteiger partial charge in [-0.05, 0) is 58.3 Å². The van der Waals surface area contributed by atoms with Gasteiger partial charge in [-0.25, -0.2) is 4.57 Å². The zero-order valence-electron chi connectivity index (χ0n) is 25.6. The standard InChI is InChI=1S/C30H52NO9P/c1-27(32)21-19-17-15-13-11-9-7-6-8-10-12-14-16-18-20-22-30(34)37-25-29(40-28(2)33)26-39-41(35,36)38-24-23-31(3,4)5/h7-10,13-16,27,29,32H,6,11-12,17-26H2,1-5H3/p+1/b9-7-,10-8-,15-13-,16-14-/t27-,29-/m1/s1. The maximum Gasteiger partial charge on any atom is 0.472 e. The number of quaternary nitrogens is 1. The van der Waals surface area contributed by atoms with Crippen molar-refractivity contribution < 1.29 is 47.2 Å². The van der Waals surface area contributed by atoms with Gasteiger partial charge in [-0.15, -0.1) is 0 Å². The Kier molecular flexibility index (Phi) is 22.3. The minimum atomic E-state index is -4.34. The van der Waals surface area contributed by atoms with Crippen LogP contribution in [0.4, 0.5) is 0 Å². The van der Waals surface area contributed by atoms with Gasteiger partial charge in [0, 0.05) is 13.3 Å². The summed E-state index contributed by atoms with van der Waals surface area (Å²) in [7, 11) is 1.41. The number of carbonyl (C=O) groups is 2. The summed E-state index contributed by atoms with van der Waals surface area (Å²) in [5.74, 6) is -1.08. The number of hydrogen-bond donors (Lipinski definition) is 2. The molecule has 0 heterocycles. The van der Waals surface area contributed by atoms with Crippen LogP contribution in [0.1, 0.15) is 71.6 Å². The smallest absolute Gasteiger partial charge is 0.462 e. The van der Waals surface area contributed by atoms with Crippen molar-refractivity contribution in [3.63, 3.8) is 0 Å². The van der Waals surface area contributed by atoms with Crippen molar-refractivity contribution in [2.45, 2.75) is 83.8 Å². The number of esters is 2. The number of phosphoric ester groups is 1. The van der Waals surface area contributed by atoms with Crippen molar-refractivity contribution in [3.05, 3.63) is 48.6 Å². The fraction of sp³-hybridized carbons (Fsp3) is 0.667. The summed E-state index contributed by atoms with van der Waals surface area (Å²) in [6.45, 7) is 2.78. The Hall–Kier alpha value is -2.07. The van der Waals surface area contributed by atoms with E-state index in [1.807, 2.05) is 40.2 Å². The third-order valence-electron chi connectivity index (χ3n) is 5.43. The van der Waals surface area contributed by atoms with Crippen molar-refractivity contribution in [1.29, 1.82) is 0 Å². The molecule has 0 saturated carbocycles. The predicted molar refractivity (Wildman–Crippen MR) is 161 cm³/mol. The van der Waals surface area contributed by atoms with Crippen LogP contribution in [-0.4, -0.2) is 86.1 Å². The number of likely N-dealkylation sites (N-methyl/N-ethyl adjacent to an activating group) is 1. The van der Waals surface area contributed by atoms with Crippen molar-refractivity contribution in [3.8, 4) is 0 Å². The number of ether oxygens (including phenoxy) is 2. The van der Waals surface area contributed by atoms with Gasteiger partial charge in [0.25, 0.3) is 0 Å². The fourth-order valence-corrected chi connectivity index (χ4v) is 3.94. The molecule has 0 aromatic rings. The lowest BCUT2D eigenvalue weighted by Gasteiger charge is -2.24. The fourth-order valence-electron chi connectivity index (χ4n) is 3.20. The van der Waals surface area contributed by atoms with E-state index < -0.39 is 32.5 Å². The summed E-state index contributed by atoms with van der Waals surface area (Å²) in [6.07, 6.45) is 22.6. The molecule has 0 saturated heterocycles. The van der Waals surface area contributed by atoms with Crippen LogP contribution in [0.3, 0.4) is 0 Å². The number of rotatable bonds is 24. The normalized spacial score (nSPS) is 15.6. The molecule has 3 atom stereocenters. The molecular formula is C30H53NO9P+. The van der Waals surface area contributed by atoms with E-state index in [0.717, 1.165) is 44.9 Å². The Morgan fingerprint density at radius 3 is 1.90 bits per heavy atom. The van der Waals surface area contributed by atoms with E-state index in [1.54, 1.807) is 0 Å². The predicted octanol–water partition coefficient (Wildman–Crippen LogP) is 5.42. The summed E-state index contributed by atoms with van der Waals surface area (Å²) >= 11 is 0. The van der Waals surface area contributed by atoms with Crippen LogP contribution < -0.4 is 0 Å². The highest BCUT2D eigenvalue weighted by Gasteiger charge is 2.26. The molecule has 0 fully saturated rings.